The van der Waals surface area contributed by atoms with Crippen LogP contribution in [0.15, 0.2) is 41.7 Å². The molecule has 2 aromatic heterocycles. The number of hydrogen-bond acceptors (Lipinski definition) is 6. The van der Waals surface area contributed by atoms with Crippen molar-refractivity contribution in [1.29, 1.82) is 0 Å². The summed E-state index contributed by atoms with van der Waals surface area (Å²) in [6.07, 6.45) is 6.47. The predicted molar refractivity (Wildman–Crippen MR) is 119 cm³/mol. The molecule has 0 unspecified atom stereocenters. The van der Waals surface area contributed by atoms with Gasteiger partial charge in [-0.3, -0.25) is 4.40 Å². The molecule has 1 fully saturated rings. The first-order valence-corrected chi connectivity index (χ1v) is 11.1. The number of para-hydroxylation sites is 1. The zero-order chi connectivity index (χ0) is 20.2. The standard InChI is InChI=1S/C22H29N5OS/c1-15(2)18-13-25-22-21(24-12-16-6-4-5-7-19(16)28-3)26-20(14-27(18)22)29-17-8-10-23-11-9-17/h4-7,13-15,17,23H,8-12H2,1-3H3,(H,24,26). The molecule has 3 aromatic rings. The first-order chi connectivity index (χ1) is 14.2. The number of nitrogens with one attached hydrogen (secondary N) is 2. The summed E-state index contributed by atoms with van der Waals surface area (Å²) >= 11 is 1.88. The molecule has 2 N–H and O–H groups in total. The summed E-state index contributed by atoms with van der Waals surface area (Å²) in [4.78, 5) is 9.62. The summed E-state index contributed by atoms with van der Waals surface area (Å²) in [7, 11) is 1.70. The molecule has 0 bridgehead atoms. The molecule has 0 atom stereocenters. The highest BCUT2D eigenvalue weighted by Gasteiger charge is 2.18. The number of aromatic nitrogens is 3. The molecule has 1 aromatic carbocycles. The number of fused-ring (bicyclic) bond motifs is 1. The fraction of sp³-hybridized carbons (Fsp3) is 0.455. The summed E-state index contributed by atoms with van der Waals surface area (Å²) in [5.41, 5.74) is 3.18. The van der Waals surface area contributed by atoms with Gasteiger partial charge in [-0.1, -0.05) is 32.0 Å². The Morgan fingerprint density at radius 1 is 1.28 bits per heavy atom. The van der Waals surface area contributed by atoms with Crippen molar-refractivity contribution < 1.29 is 4.74 Å². The molecule has 6 nitrogen and oxygen atoms in total. The SMILES string of the molecule is COc1ccccc1CNc1nc(SC2CCNCC2)cn2c(C(C)C)cnc12. The zero-order valence-electron chi connectivity index (χ0n) is 17.3. The molecular weight excluding hydrogens is 382 g/mol. The van der Waals surface area contributed by atoms with Gasteiger partial charge < -0.3 is 15.4 Å². The van der Waals surface area contributed by atoms with Crippen LogP contribution >= 0.6 is 11.8 Å². The molecule has 0 saturated carbocycles. The van der Waals surface area contributed by atoms with Gasteiger partial charge in [0, 0.05) is 35.4 Å². The first kappa shape index (κ1) is 20.0. The Kier molecular flexibility index (Phi) is 6.25. The zero-order valence-corrected chi connectivity index (χ0v) is 18.1. The molecule has 154 valence electrons. The van der Waals surface area contributed by atoms with Crippen LogP contribution in [0.25, 0.3) is 5.65 Å². The highest BCUT2D eigenvalue weighted by Crippen LogP contribution is 2.31. The van der Waals surface area contributed by atoms with Gasteiger partial charge in [-0.15, -0.1) is 11.8 Å². The van der Waals surface area contributed by atoms with Crippen LogP contribution in [0.4, 0.5) is 5.82 Å². The van der Waals surface area contributed by atoms with Crippen molar-refractivity contribution in [3.63, 3.8) is 0 Å². The van der Waals surface area contributed by atoms with Crippen LogP contribution in [0.5, 0.6) is 5.75 Å². The van der Waals surface area contributed by atoms with Gasteiger partial charge in [0.1, 0.15) is 10.8 Å². The average Bonchev–Trinajstić information content (AvgIpc) is 3.17. The van der Waals surface area contributed by atoms with Crippen LogP contribution < -0.4 is 15.4 Å². The number of ether oxygens (including phenoxy) is 1. The lowest BCUT2D eigenvalue weighted by Crippen LogP contribution is -2.29. The minimum Gasteiger partial charge on any atom is -0.496 e. The highest BCUT2D eigenvalue weighted by molar-refractivity contribution is 7.99. The fourth-order valence-corrected chi connectivity index (χ4v) is 4.82. The first-order valence-electron chi connectivity index (χ1n) is 10.3. The van der Waals surface area contributed by atoms with Gasteiger partial charge in [0.2, 0.25) is 0 Å². The van der Waals surface area contributed by atoms with Crippen LogP contribution in [-0.4, -0.2) is 39.8 Å². The van der Waals surface area contributed by atoms with E-state index < -0.39 is 0 Å². The van der Waals surface area contributed by atoms with E-state index in [2.05, 4.69) is 46.1 Å². The van der Waals surface area contributed by atoms with Crippen LogP contribution in [0.2, 0.25) is 0 Å². The molecule has 1 aliphatic heterocycles. The van der Waals surface area contributed by atoms with Gasteiger partial charge >= 0.3 is 0 Å². The number of piperidine rings is 1. The van der Waals surface area contributed by atoms with Crippen molar-refractivity contribution in [2.45, 2.75) is 49.4 Å². The number of benzene rings is 1. The van der Waals surface area contributed by atoms with E-state index >= 15 is 0 Å². The fourth-order valence-electron chi connectivity index (χ4n) is 3.70. The van der Waals surface area contributed by atoms with Crippen molar-refractivity contribution in [2.75, 3.05) is 25.5 Å². The highest BCUT2D eigenvalue weighted by atomic mass is 32.2. The third-order valence-corrected chi connectivity index (χ3v) is 6.55. The number of hydrogen-bond donors (Lipinski definition) is 2. The minimum atomic E-state index is 0.395. The lowest BCUT2D eigenvalue weighted by molar-refractivity contribution is 0.410. The number of thioether (sulfide) groups is 1. The Hall–Kier alpha value is -2.25. The molecule has 3 heterocycles. The monoisotopic (exact) mass is 411 g/mol. The van der Waals surface area contributed by atoms with Gasteiger partial charge in [-0.2, -0.15) is 0 Å². The van der Waals surface area contributed by atoms with E-state index in [0.717, 1.165) is 40.9 Å². The van der Waals surface area contributed by atoms with Gasteiger partial charge in [-0.25, -0.2) is 9.97 Å². The lowest BCUT2D eigenvalue weighted by Gasteiger charge is -2.22. The normalized spacial score (nSPS) is 15.2. The Bertz CT molecular complexity index is 965. The quantitative estimate of drug-likeness (QED) is 0.604. The Morgan fingerprint density at radius 2 is 2.07 bits per heavy atom. The second-order valence-electron chi connectivity index (χ2n) is 7.69. The largest absolute Gasteiger partial charge is 0.496 e. The molecule has 7 heteroatoms. The molecule has 0 spiro atoms. The number of imidazole rings is 1. The van der Waals surface area contributed by atoms with E-state index in [1.807, 2.05) is 36.2 Å². The summed E-state index contributed by atoms with van der Waals surface area (Å²) in [6.45, 7) is 7.21. The van der Waals surface area contributed by atoms with E-state index in [9.17, 15) is 0 Å². The van der Waals surface area contributed by atoms with Crippen LogP contribution in [0.3, 0.4) is 0 Å². The minimum absolute atomic E-state index is 0.395. The molecule has 0 amide bonds. The van der Waals surface area contributed by atoms with Crippen molar-refractivity contribution in [1.82, 2.24) is 19.7 Å². The van der Waals surface area contributed by atoms with Gasteiger partial charge in [0.15, 0.2) is 11.5 Å². The topological polar surface area (TPSA) is 63.5 Å². The summed E-state index contributed by atoms with van der Waals surface area (Å²) in [5, 5.41) is 8.60. The van der Waals surface area contributed by atoms with Crippen molar-refractivity contribution in [3.05, 3.63) is 47.9 Å². The number of rotatable bonds is 7. The molecule has 1 aliphatic rings. The number of methoxy groups -OCH3 is 1. The third-order valence-electron chi connectivity index (χ3n) is 5.30. The lowest BCUT2D eigenvalue weighted by atomic mass is 10.1. The number of anilines is 1. The van der Waals surface area contributed by atoms with E-state index in [4.69, 9.17) is 9.72 Å². The second-order valence-corrected chi connectivity index (χ2v) is 9.01. The molecule has 0 radical (unpaired) electrons. The smallest absolute Gasteiger partial charge is 0.180 e. The predicted octanol–water partition coefficient (Wildman–Crippen LogP) is 4.32. The van der Waals surface area contributed by atoms with Crippen LogP contribution in [0, 0.1) is 0 Å². The van der Waals surface area contributed by atoms with Gasteiger partial charge in [0.05, 0.1) is 7.11 Å². The Balaban J connectivity index is 1.65. The summed E-state index contributed by atoms with van der Waals surface area (Å²) in [6, 6.07) is 8.06. The van der Waals surface area contributed by atoms with Gasteiger partial charge in [0.25, 0.3) is 0 Å². The van der Waals surface area contributed by atoms with Crippen molar-refractivity contribution in [2.24, 2.45) is 0 Å². The van der Waals surface area contributed by atoms with Crippen molar-refractivity contribution in [3.8, 4) is 5.75 Å². The molecule has 0 aliphatic carbocycles. The Morgan fingerprint density at radius 3 is 2.83 bits per heavy atom. The maximum absolute atomic E-state index is 5.49. The van der Waals surface area contributed by atoms with Crippen LogP contribution in [0.1, 0.15) is 43.9 Å². The molecule has 29 heavy (non-hydrogen) atoms. The second kappa shape index (κ2) is 9.05. The van der Waals surface area contributed by atoms with E-state index in [1.54, 1.807) is 7.11 Å². The maximum atomic E-state index is 5.49. The third kappa shape index (κ3) is 4.51. The molecule has 4 rings (SSSR count). The Labute approximate surface area is 176 Å². The van der Waals surface area contributed by atoms with E-state index in [-0.39, 0.29) is 0 Å². The summed E-state index contributed by atoms with van der Waals surface area (Å²) in [5.74, 6) is 2.09. The summed E-state index contributed by atoms with van der Waals surface area (Å²) < 4.78 is 7.69. The van der Waals surface area contributed by atoms with Crippen molar-refractivity contribution >= 4 is 23.2 Å². The number of nitrogens with zero attached hydrogens (tertiary/aromatic N) is 3. The maximum Gasteiger partial charge on any atom is 0.180 e. The molecular formula is C22H29N5OS. The van der Waals surface area contributed by atoms with Gasteiger partial charge in [-0.05, 0) is 37.9 Å². The van der Waals surface area contributed by atoms with Crippen LogP contribution in [-0.2, 0) is 6.54 Å². The van der Waals surface area contributed by atoms with E-state index in [0.29, 0.717) is 17.7 Å². The molecule has 1 saturated heterocycles. The van der Waals surface area contributed by atoms with E-state index in [1.165, 1.54) is 18.5 Å². The average molecular weight is 412 g/mol.